The number of amides is 2. The molecule has 12 nitrogen and oxygen atoms in total. The average molecular weight is 1190 g/mol. The number of thiazole rings is 2. The van der Waals surface area contributed by atoms with Crippen LogP contribution in [0.4, 0.5) is 38.0 Å². The maximum atomic E-state index is 13.0. The number of rotatable bonds is 14. The van der Waals surface area contributed by atoms with Crippen molar-refractivity contribution in [3.05, 3.63) is 150 Å². The van der Waals surface area contributed by atoms with E-state index in [2.05, 4.69) is 61.6 Å². The Kier molecular flexibility index (Phi) is 25.5. The van der Waals surface area contributed by atoms with E-state index in [1.807, 2.05) is 6.07 Å². The van der Waals surface area contributed by atoms with Crippen molar-refractivity contribution in [2.45, 2.75) is 104 Å². The molecule has 23 heteroatoms. The molecule has 0 bridgehead atoms. The Balaban J connectivity index is 0.000000262. The Hall–Kier alpha value is -5.41. The molecule has 2 saturated carbocycles. The monoisotopic (exact) mass is 1190 g/mol. The van der Waals surface area contributed by atoms with Gasteiger partial charge in [-0.15, -0.1) is 22.7 Å². The van der Waals surface area contributed by atoms with Crippen LogP contribution in [0.3, 0.4) is 0 Å². The predicted molar refractivity (Wildman–Crippen MR) is 288 cm³/mol. The summed E-state index contributed by atoms with van der Waals surface area (Å²) in [6.07, 6.45) is 6.82. The van der Waals surface area contributed by atoms with Crippen molar-refractivity contribution in [2.24, 2.45) is 22.7 Å². The summed E-state index contributed by atoms with van der Waals surface area (Å²) in [7, 11) is 0. The van der Waals surface area contributed by atoms with E-state index in [9.17, 15) is 45.5 Å². The topological polar surface area (TPSA) is 168 Å². The number of aromatic nitrogens is 4. The van der Waals surface area contributed by atoms with E-state index in [1.54, 1.807) is 68.4 Å². The number of carbonyl (C=O) groups excluding carboxylic acids is 4. The molecule has 0 aliphatic heterocycles. The number of ketones is 2. The van der Waals surface area contributed by atoms with Gasteiger partial charge in [0, 0.05) is 40.6 Å². The first-order valence-corrected chi connectivity index (χ1v) is 26.8. The first-order valence-electron chi connectivity index (χ1n) is 24.4. The molecule has 3 atom stereocenters. The number of anilines is 2. The number of hydrogen-bond donors (Lipinski definition) is 3. The third kappa shape index (κ3) is 20.4. The van der Waals surface area contributed by atoms with Gasteiger partial charge in [0.05, 0.1) is 51.9 Å². The van der Waals surface area contributed by atoms with Crippen LogP contribution in [-0.2, 0) is 29.4 Å². The minimum atomic E-state index is -4.68. The van der Waals surface area contributed by atoms with Crippen LogP contribution in [-0.4, -0.2) is 62.1 Å². The largest absolute Gasteiger partial charge is 0.418 e. The molecule has 4 heterocycles. The van der Waals surface area contributed by atoms with Gasteiger partial charge in [0.25, 0.3) is 11.8 Å². The van der Waals surface area contributed by atoms with Crippen molar-refractivity contribution in [1.29, 1.82) is 0 Å². The van der Waals surface area contributed by atoms with E-state index in [1.165, 1.54) is 63.8 Å². The molecule has 2 amide bonds. The number of nitrogens with zero attached hydrogens (tertiary/aromatic N) is 5. The Morgan fingerprint density at radius 3 is 1.57 bits per heavy atom. The third-order valence-corrected chi connectivity index (χ3v) is 15.1. The quantitative estimate of drug-likeness (QED) is 0.0416. The van der Waals surface area contributed by atoms with Gasteiger partial charge < -0.3 is 16.0 Å². The molecule has 8 rings (SSSR count). The summed E-state index contributed by atoms with van der Waals surface area (Å²) in [4.78, 5) is 69.2. The van der Waals surface area contributed by atoms with E-state index in [0.717, 1.165) is 52.8 Å². The van der Waals surface area contributed by atoms with Gasteiger partial charge in [-0.05, 0) is 50.2 Å². The fourth-order valence-electron chi connectivity index (χ4n) is 8.02. The van der Waals surface area contributed by atoms with Crippen LogP contribution in [0.2, 0.25) is 10.0 Å². The van der Waals surface area contributed by atoms with Gasteiger partial charge in [-0.25, -0.2) is 19.9 Å². The van der Waals surface area contributed by atoms with Gasteiger partial charge in [0.2, 0.25) is 0 Å². The summed E-state index contributed by atoms with van der Waals surface area (Å²) >= 11 is 13.1. The normalized spacial score (nSPS) is 15.6. The molecule has 2 unspecified atom stereocenters. The molecule has 77 heavy (non-hydrogen) atoms. The maximum Gasteiger partial charge on any atom is 0.418 e. The maximum absolute atomic E-state index is 13.0. The summed E-state index contributed by atoms with van der Waals surface area (Å²) in [6, 6.07) is 18.5. The van der Waals surface area contributed by atoms with Crippen LogP contribution in [0.1, 0.15) is 153 Å². The van der Waals surface area contributed by atoms with Crippen molar-refractivity contribution in [3.8, 4) is 0 Å². The molecule has 0 radical (unpaired) electrons. The number of benzene rings is 2. The molecular weight excluding hydrogens is 1130 g/mol. The van der Waals surface area contributed by atoms with Crippen LogP contribution in [0.15, 0.2) is 103 Å². The van der Waals surface area contributed by atoms with Crippen LogP contribution in [0, 0.1) is 17.8 Å². The molecule has 0 saturated heterocycles. The van der Waals surface area contributed by atoms with Crippen LogP contribution >= 0.6 is 45.9 Å². The van der Waals surface area contributed by atoms with Crippen molar-refractivity contribution < 1.29 is 62.6 Å². The van der Waals surface area contributed by atoms with Crippen LogP contribution in [0.25, 0.3) is 0 Å². The second-order valence-corrected chi connectivity index (χ2v) is 21.2. The van der Waals surface area contributed by atoms with Crippen molar-refractivity contribution in [3.63, 3.8) is 0 Å². The SMILES string of the molecule is C1CCCC1.CC(=NCC(=O)c1ccccc1)c1ncc(C(=O)Nc2cc(C(F)(F)F)c(Cl)cn2)s1.CC(C)C1CCCC1C.C[C@H](NCC(=O)c1ccccc1)c1ncc(C(=O)Nc2cc(C(F)(F)F)c(Cl)cn2)s1.[Fe]. The Bertz CT molecular complexity index is 2900. The van der Waals surface area contributed by atoms with Gasteiger partial charge in [-0.2, -0.15) is 26.3 Å². The van der Waals surface area contributed by atoms with Gasteiger partial charge in [-0.3, -0.25) is 24.2 Å². The zero-order chi connectivity index (χ0) is 55.6. The smallest absolute Gasteiger partial charge is 0.306 e. The minimum absolute atomic E-state index is 0. The fraction of sp³-hybridized carbons (Fsp3) is 0.389. The molecule has 2 aliphatic carbocycles. The van der Waals surface area contributed by atoms with Crippen LogP contribution in [0.5, 0.6) is 0 Å². The van der Waals surface area contributed by atoms with Crippen molar-refractivity contribution >= 4 is 86.6 Å². The summed E-state index contributed by atoms with van der Waals surface area (Å²) in [5, 5.41) is 7.47. The number of hydrogen-bond acceptors (Lipinski definition) is 12. The number of alkyl halides is 6. The summed E-state index contributed by atoms with van der Waals surface area (Å²) in [5.41, 5.74) is -0.625. The molecule has 2 aliphatic rings. The van der Waals surface area contributed by atoms with E-state index >= 15 is 0 Å². The van der Waals surface area contributed by atoms with Gasteiger partial charge >= 0.3 is 12.4 Å². The first kappa shape index (κ1) is 64.1. The summed E-state index contributed by atoms with van der Waals surface area (Å²) in [6.45, 7) is 10.5. The van der Waals surface area contributed by atoms with Crippen LogP contribution < -0.4 is 16.0 Å². The molecular formula is C54H58Cl2F6FeN8O4S2. The standard InChI is InChI=1S/C20H16ClF3N4O2S.C20H14ClF3N4O2S.C9H18.C5H10.Fe/c2*1-11(25-9-15(29)12-5-3-2-4-6-12)19-27-10-16(31-19)18(30)28-17-7-13(20(22,23)24)14(21)8-26-17;1-7(2)9-6-4-5-8(9)3;1-2-4-5-3-1;/h2-8,10-11,25H,9H2,1H3,(H,26,28,30);2-8,10H,9H2,1H3,(H,26,28,30);7-9H,4-6H2,1-3H3;1-5H2;/t11-;;;;/m0..../s1. The Morgan fingerprint density at radius 2 is 1.13 bits per heavy atom. The van der Waals surface area contributed by atoms with Gasteiger partial charge in [0.15, 0.2) is 11.6 Å². The molecule has 4 aromatic heterocycles. The van der Waals surface area contributed by atoms with Crippen molar-refractivity contribution in [2.75, 3.05) is 23.7 Å². The van der Waals surface area contributed by atoms with E-state index in [0.29, 0.717) is 39.0 Å². The zero-order valence-corrected chi connectivity index (χ0v) is 46.9. The number of carbonyl (C=O) groups is 4. The predicted octanol–water partition coefficient (Wildman–Crippen LogP) is 15.2. The molecule has 2 fully saturated rings. The van der Waals surface area contributed by atoms with E-state index in [-0.39, 0.29) is 69.2 Å². The minimum Gasteiger partial charge on any atom is -0.306 e. The van der Waals surface area contributed by atoms with Gasteiger partial charge in [-0.1, -0.05) is 150 Å². The third-order valence-electron chi connectivity index (χ3n) is 12.2. The number of pyridine rings is 2. The average Bonchev–Trinajstić information content (AvgIpc) is 4.26. The number of nitrogens with one attached hydrogen (secondary N) is 3. The first-order chi connectivity index (χ1) is 36.0. The van der Waals surface area contributed by atoms with Crippen molar-refractivity contribution in [1.82, 2.24) is 25.3 Å². The Morgan fingerprint density at radius 1 is 0.662 bits per heavy atom. The number of Topliss-reactive ketones (excluding diaryl/α,β-unsaturated/α-hetero) is 2. The molecule has 0 spiro atoms. The second kappa shape index (κ2) is 30.7. The second-order valence-electron chi connectivity index (χ2n) is 18.3. The molecule has 2 aromatic carbocycles. The fourth-order valence-corrected chi connectivity index (χ4v) is 10.1. The van der Waals surface area contributed by atoms with Gasteiger partial charge in [0.1, 0.15) is 38.0 Å². The zero-order valence-electron chi connectivity index (χ0n) is 42.7. The Labute approximate surface area is 472 Å². The van der Waals surface area contributed by atoms with E-state index < -0.39 is 45.3 Å². The summed E-state index contributed by atoms with van der Waals surface area (Å²) in [5.74, 6) is 0.795. The molecule has 3 N–H and O–H groups in total. The summed E-state index contributed by atoms with van der Waals surface area (Å²) < 4.78 is 77.7. The van der Waals surface area contributed by atoms with E-state index in [4.69, 9.17) is 23.2 Å². The molecule has 414 valence electrons. The number of halogens is 8. The number of aliphatic imine (C=N–C) groups is 1. The molecule has 6 aromatic rings.